The van der Waals surface area contributed by atoms with E-state index < -0.39 is 0 Å². The third-order valence-corrected chi connectivity index (χ3v) is 3.41. The Labute approximate surface area is 111 Å². The molecule has 0 saturated carbocycles. The van der Waals surface area contributed by atoms with Gasteiger partial charge in [-0.2, -0.15) is 0 Å². The molecule has 1 N–H and O–H groups in total. The van der Waals surface area contributed by atoms with Crippen LogP contribution in [0.2, 0.25) is 0 Å². The number of aromatic nitrogens is 2. The molecule has 0 radical (unpaired) electrons. The van der Waals surface area contributed by atoms with E-state index in [0.29, 0.717) is 18.8 Å². The van der Waals surface area contributed by atoms with Gasteiger partial charge in [-0.3, -0.25) is 4.79 Å². The summed E-state index contributed by atoms with van der Waals surface area (Å²) in [6.45, 7) is 4.67. The highest BCUT2D eigenvalue weighted by Crippen LogP contribution is 2.11. The number of ether oxygens (including phenoxy) is 1. The van der Waals surface area contributed by atoms with Crippen LogP contribution in [0.15, 0.2) is 29.1 Å². The molecule has 0 bridgehead atoms. The SMILES string of the molecule is Cc1nc2ccccc2n(CC2CNCCO2)c1=O. The Morgan fingerprint density at radius 3 is 3.11 bits per heavy atom. The lowest BCUT2D eigenvalue weighted by Gasteiger charge is -2.25. The zero-order valence-electron chi connectivity index (χ0n) is 10.9. The molecule has 1 aromatic heterocycles. The van der Waals surface area contributed by atoms with Gasteiger partial charge in [0.1, 0.15) is 5.69 Å². The smallest absolute Gasteiger partial charge is 0.272 e. The Bertz CT molecular complexity index is 645. The number of fused-ring (bicyclic) bond motifs is 1. The van der Waals surface area contributed by atoms with Crippen molar-refractivity contribution in [1.29, 1.82) is 0 Å². The van der Waals surface area contributed by atoms with E-state index in [9.17, 15) is 4.79 Å². The predicted molar refractivity (Wildman–Crippen MR) is 73.3 cm³/mol. The minimum Gasteiger partial charge on any atom is -0.374 e. The van der Waals surface area contributed by atoms with Crippen LogP contribution in [0, 0.1) is 6.92 Å². The fourth-order valence-corrected chi connectivity index (χ4v) is 2.44. The number of nitrogens with zero attached hydrogens (tertiary/aromatic N) is 2. The lowest BCUT2D eigenvalue weighted by atomic mass is 10.2. The number of aryl methyl sites for hydroxylation is 1. The molecular weight excluding hydrogens is 242 g/mol. The van der Waals surface area contributed by atoms with Gasteiger partial charge in [0, 0.05) is 13.1 Å². The van der Waals surface area contributed by atoms with Crippen molar-refractivity contribution in [3.8, 4) is 0 Å². The quantitative estimate of drug-likeness (QED) is 0.862. The Kier molecular flexibility index (Phi) is 3.31. The number of benzene rings is 1. The minimum atomic E-state index is -0.0344. The van der Waals surface area contributed by atoms with Crippen molar-refractivity contribution in [3.05, 3.63) is 40.3 Å². The topological polar surface area (TPSA) is 56.1 Å². The van der Waals surface area contributed by atoms with Crippen molar-refractivity contribution in [2.24, 2.45) is 0 Å². The maximum atomic E-state index is 12.3. The molecule has 1 unspecified atom stereocenters. The number of rotatable bonds is 2. The van der Waals surface area contributed by atoms with Crippen LogP contribution in [0.1, 0.15) is 5.69 Å². The highest BCUT2D eigenvalue weighted by Gasteiger charge is 2.16. The largest absolute Gasteiger partial charge is 0.374 e. The predicted octanol–water partition coefficient (Wildman–Crippen LogP) is 0.693. The average Bonchev–Trinajstić information content (AvgIpc) is 2.45. The summed E-state index contributed by atoms with van der Waals surface area (Å²) >= 11 is 0. The molecule has 2 heterocycles. The standard InChI is InChI=1S/C14H17N3O2/c1-10-14(18)17(9-11-8-15-6-7-19-11)13-5-3-2-4-12(13)16-10/h2-5,11,15H,6-9H2,1H3. The van der Waals surface area contributed by atoms with Crippen LogP contribution in [0.4, 0.5) is 0 Å². The minimum absolute atomic E-state index is 0.0344. The van der Waals surface area contributed by atoms with Crippen molar-refractivity contribution in [2.75, 3.05) is 19.7 Å². The average molecular weight is 259 g/mol. The lowest BCUT2D eigenvalue weighted by Crippen LogP contribution is -2.42. The third kappa shape index (κ3) is 2.39. The highest BCUT2D eigenvalue weighted by molar-refractivity contribution is 5.74. The second-order valence-electron chi connectivity index (χ2n) is 4.80. The summed E-state index contributed by atoms with van der Waals surface area (Å²) in [5.74, 6) is 0. The first-order valence-electron chi connectivity index (χ1n) is 6.54. The summed E-state index contributed by atoms with van der Waals surface area (Å²) in [5, 5.41) is 3.28. The molecule has 1 fully saturated rings. The summed E-state index contributed by atoms with van der Waals surface area (Å²) < 4.78 is 7.46. The fraction of sp³-hybridized carbons (Fsp3) is 0.429. The van der Waals surface area contributed by atoms with Gasteiger partial charge in [-0.1, -0.05) is 12.1 Å². The zero-order chi connectivity index (χ0) is 13.2. The maximum Gasteiger partial charge on any atom is 0.272 e. The number of nitrogens with one attached hydrogen (secondary N) is 1. The van der Waals surface area contributed by atoms with Gasteiger partial charge < -0.3 is 14.6 Å². The van der Waals surface area contributed by atoms with Gasteiger partial charge >= 0.3 is 0 Å². The summed E-state index contributed by atoms with van der Waals surface area (Å²) in [7, 11) is 0. The van der Waals surface area contributed by atoms with E-state index in [1.165, 1.54) is 0 Å². The van der Waals surface area contributed by atoms with E-state index in [2.05, 4.69) is 10.3 Å². The van der Waals surface area contributed by atoms with E-state index in [-0.39, 0.29) is 11.7 Å². The molecule has 100 valence electrons. The van der Waals surface area contributed by atoms with Gasteiger partial charge in [-0.15, -0.1) is 0 Å². The number of hydrogen-bond donors (Lipinski definition) is 1. The number of morpholine rings is 1. The van der Waals surface area contributed by atoms with Crippen LogP contribution >= 0.6 is 0 Å². The number of para-hydroxylation sites is 2. The molecule has 19 heavy (non-hydrogen) atoms. The first kappa shape index (κ1) is 12.3. The Morgan fingerprint density at radius 1 is 1.47 bits per heavy atom. The van der Waals surface area contributed by atoms with E-state index in [4.69, 9.17) is 4.74 Å². The molecule has 5 heteroatoms. The molecule has 1 aliphatic heterocycles. The van der Waals surface area contributed by atoms with E-state index in [1.54, 1.807) is 11.5 Å². The van der Waals surface area contributed by atoms with Crippen LogP contribution in [-0.2, 0) is 11.3 Å². The Hall–Kier alpha value is -1.72. The molecule has 1 atom stereocenters. The zero-order valence-corrected chi connectivity index (χ0v) is 10.9. The van der Waals surface area contributed by atoms with E-state index in [0.717, 1.165) is 24.1 Å². The monoisotopic (exact) mass is 259 g/mol. The van der Waals surface area contributed by atoms with Gasteiger partial charge in [-0.25, -0.2) is 4.98 Å². The molecule has 3 rings (SSSR count). The molecule has 1 saturated heterocycles. The molecule has 0 spiro atoms. The Balaban J connectivity index is 2.05. The van der Waals surface area contributed by atoms with Gasteiger partial charge in [0.2, 0.25) is 0 Å². The third-order valence-electron chi connectivity index (χ3n) is 3.41. The lowest BCUT2D eigenvalue weighted by molar-refractivity contribution is 0.0183. The molecule has 1 aromatic carbocycles. The first-order valence-corrected chi connectivity index (χ1v) is 6.54. The number of hydrogen-bond acceptors (Lipinski definition) is 4. The second-order valence-corrected chi connectivity index (χ2v) is 4.80. The molecule has 2 aromatic rings. The van der Waals surface area contributed by atoms with Crippen LogP contribution < -0.4 is 10.9 Å². The molecule has 1 aliphatic rings. The highest BCUT2D eigenvalue weighted by atomic mass is 16.5. The first-order chi connectivity index (χ1) is 9.25. The van der Waals surface area contributed by atoms with Crippen molar-refractivity contribution >= 4 is 11.0 Å². The Morgan fingerprint density at radius 2 is 2.32 bits per heavy atom. The molecule has 0 aliphatic carbocycles. The molecule has 0 amide bonds. The van der Waals surface area contributed by atoms with Gasteiger partial charge in [-0.05, 0) is 19.1 Å². The fourth-order valence-electron chi connectivity index (χ4n) is 2.44. The van der Waals surface area contributed by atoms with Crippen LogP contribution in [0.3, 0.4) is 0 Å². The van der Waals surface area contributed by atoms with Crippen LogP contribution in [0.25, 0.3) is 11.0 Å². The van der Waals surface area contributed by atoms with Crippen LogP contribution in [0.5, 0.6) is 0 Å². The van der Waals surface area contributed by atoms with Gasteiger partial charge in [0.15, 0.2) is 0 Å². The van der Waals surface area contributed by atoms with E-state index >= 15 is 0 Å². The molecule has 5 nitrogen and oxygen atoms in total. The second kappa shape index (κ2) is 5.11. The summed E-state index contributed by atoms with van der Waals surface area (Å²) in [6, 6.07) is 7.72. The van der Waals surface area contributed by atoms with Crippen molar-refractivity contribution in [3.63, 3.8) is 0 Å². The van der Waals surface area contributed by atoms with Gasteiger partial charge in [0.05, 0.1) is 30.3 Å². The van der Waals surface area contributed by atoms with Crippen LogP contribution in [-0.4, -0.2) is 35.4 Å². The summed E-state index contributed by atoms with van der Waals surface area (Å²) in [6.07, 6.45) is 0.0386. The normalized spacial score (nSPS) is 19.7. The van der Waals surface area contributed by atoms with Crippen molar-refractivity contribution in [2.45, 2.75) is 19.6 Å². The van der Waals surface area contributed by atoms with Crippen molar-refractivity contribution in [1.82, 2.24) is 14.9 Å². The van der Waals surface area contributed by atoms with Gasteiger partial charge in [0.25, 0.3) is 5.56 Å². The summed E-state index contributed by atoms with van der Waals surface area (Å²) in [4.78, 5) is 16.6. The van der Waals surface area contributed by atoms with Crippen molar-refractivity contribution < 1.29 is 4.74 Å². The summed E-state index contributed by atoms with van der Waals surface area (Å²) in [5.41, 5.74) is 2.21. The van der Waals surface area contributed by atoms with E-state index in [1.807, 2.05) is 24.3 Å². The molecular formula is C14H17N3O2. The maximum absolute atomic E-state index is 12.3.